The van der Waals surface area contributed by atoms with E-state index in [2.05, 4.69) is 0 Å². The van der Waals surface area contributed by atoms with Crippen LogP contribution in [-0.4, -0.2) is 103 Å². The molecular formula is C16H20N6O6. The third-order valence-corrected chi connectivity index (χ3v) is 6.00. The zero-order chi connectivity index (χ0) is 20.7. The monoisotopic (exact) mass is 392 g/mol. The number of hydrogen-bond donors (Lipinski definition) is 0. The molecule has 6 bridgehead atoms. The molecule has 28 heavy (non-hydrogen) atoms. The van der Waals surface area contributed by atoms with E-state index in [9.17, 15) is 28.8 Å². The second-order valence-corrected chi connectivity index (χ2v) is 7.29. The third-order valence-electron chi connectivity index (χ3n) is 6.00. The second kappa shape index (κ2) is 5.66. The first-order valence-corrected chi connectivity index (χ1v) is 8.80. The van der Waals surface area contributed by atoms with Crippen molar-refractivity contribution >= 4 is 36.4 Å². The Hall–Kier alpha value is -3.18. The number of hydrogen-bond acceptors (Lipinski definition) is 6. The van der Waals surface area contributed by atoms with Gasteiger partial charge in [0.2, 0.25) is 36.4 Å². The van der Waals surface area contributed by atoms with Crippen LogP contribution in [0.5, 0.6) is 0 Å². The standard InChI is InChI=1S/C16H20N6O6/c1-7(25)19-11-12-18(6-24)14-13(17(11)5-23)21(9(3)27)16(22(14)10(4)28)15(19)20(12)8(2)26/h5-6,11-16H,1-4H3. The van der Waals surface area contributed by atoms with Crippen molar-refractivity contribution in [2.45, 2.75) is 64.7 Å². The van der Waals surface area contributed by atoms with Crippen LogP contribution in [-0.2, 0) is 28.8 Å². The largest absolute Gasteiger partial charge is 0.296 e. The van der Waals surface area contributed by atoms with Gasteiger partial charge >= 0.3 is 0 Å². The van der Waals surface area contributed by atoms with Crippen molar-refractivity contribution in [3.8, 4) is 0 Å². The molecule has 12 heteroatoms. The van der Waals surface area contributed by atoms with Gasteiger partial charge in [0.1, 0.15) is 24.7 Å². The Bertz CT molecular complexity index is 695. The van der Waals surface area contributed by atoms with Crippen molar-refractivity contribution in [2.75, 3.05) is 0 Å². The van der Waals surface area contributed by atoms with E-state index >= 15 is 0 Å². The van der Waals surface area contributed by atoms with Crippen LogP contribution in [0, 0.1) is 0 Å². The van der Waals surface area contributed by atoms with Crippen LogP contribution in [0.1, 0.15) is 27.7 Å². The summed E-state index contributed by atoms with van der Waals surface area (Å²) < 4.78 is 0. The summed E-state index contributed by atoms with van der Waals surface area (Å²) in [5.41, 5.74) is 0. The molecule has 4 unspecified atom stereocenters. The molecule has 5 saturated heterocycles. The fourth-order valence-corrected chi connectivity index (χ4v) is 5.29. The molecule has 5 heterocycles. The van der Waals surface area contributed by atoms with Crippen LogP contribution in [0.25, 0.3) is 0 Å². The maximum atomic E-state index is 12.6. The topological polar surface area (TPSA) is 122 Å². The lowest BCUT2D eigenvalue weighted by atomic mass is 10.1. The van der Waals surface area contributed by atoms with Gasteiger partial charge in [0.05, 0.1) is 0 Å². The molecule has 0 aromatic carbocycles. The highest BCUT2D eigenvalue weighted by atomic mass is 16.2. The quantitative estimate of drug-likeness (QED) is 0.472. The molecule has 0 spiro atoms. The number of carbonyl (C=O) groups is 6. The van der Waals surface area contributed by atoms with Gasteiger partial charge in [-0.2, -0.15) is 0 Å². The Morgan fingerprint density at radius 3 is 0.857 bits per heavy atom. The molecule has 0 N–H and O–H groups in total. The van der Waals surface area contributed by atoms with Gasteiger partial charge < -0.3 is 0 Å². The van der Waals surface area contributed by atoms with E-state index in [0.29, 0.717) is 12.8 Å². The lowest BCUT2D eigenvalue weighted by molar-refractivity contribution is -0.178. The lowest BCUT2D eigenvalue weighted by Crippen LogP contribution is -2.74. The lowest BCUT2D eigenvalue weighted by Gasteiger charge is -2.52. The number of amides is 6. The molecule has 0 aliphatic carbocycles. The van der Waals surface area contributed by atoms with Gasteiger partial charge in [0, 0.05) is 27.7 Å². The summed E-state index contributed by atoms with van der Waals surface area (Å²) in [5.74, 6) is -1.78. The number of piperazine rings is 1. The van der Waals surface area contributed by atoms with Crippen molar-refractivity contribution in [1.82, 2.24) is 29.4 Å². The van der Waals surface area contributed by atoms with Crippen LogP contribution in [0.15, 0.2) is 0 Å². The molecule has 150 valence electrons. The van der Waals surface area contributed by atoms with Crippen molar-refractivity contribution in [2.24, 2.45) is 0 Å². The Labute approximate surface area is 160 Å². The maximum Gasteiger partial charge on any atom is 0.222 e. The van der Waals surface area contributed by atoms with E-state index in [1.54, 1.807) is 0 Å². The first-order valence-electron chi connectivity index (χ1n) is 8.80. The fraction of sp³-hybridized carbons (Fsp3) is 0.625. The third kappa shape index (κ3) is 1.84. The average molecular weight is 392 g/mol. The summed E-state index contributed by atoms with van der Waals surface area (Å²) in [6.07, 6.45) is -4.83. The van der Waals surface area contributed by atoms with Gasteiger partial charge in [-0.1, -0.05) is 0 Å². The fourth-order valence-electron chi connectivity index (χ4n) is 5.29. The molecule has 5 aliphatic rings. The molecule has 0 aromatic heterocycles. The summed E-state index contributed by atoms with van der Waals surface area (Å²) in [7, 11) is 0. The molecule has 5 aliphatic heterocycles. The molecule has 12 nitrogen and oxygen atoms in total. The predicted molar refractivity (Wildman–Crippen MR) is 88.6 cm³/mol. The van der Waals surface area contributed by atoms with Crippen molar-refractivity contribution < 1.29 is 28.8 Å². The van der Waals surface area contributed by atoms with Gasteiger partial charge in [-0.15, -0.1) is 0 Å². The zero-order valence-electron chi connectivity index (χ0n) is 15.8. The minimum Gasteiger partial charge on any atom is -0.296 e. The van der Waals surface area contributed by atoms with Gasteiger partial charge in [-0.3, -0.25) is 58.2 Å². The SMILES string of the molecule is CC(=O)N1C2C3N(C=O)C4C(N2C=O)N(C(C)=O)C(C1N3C(C)=O)N4C(C)=O. The van der Waals surface area contributed by atoms with Crippen molar-refractivity contribution in [3.05, 3.63) is 0 Å². The summed E-state index contributed by atoms with van der Waals surface area (Å²) >= 11 is 0. The highest BCUT2D eigenvalue weighted by molar-refractivity contribution is 5.85. The van der Waals surface area contributed by atoms with Crippen LogP contribution in [0.2, 0.25) is 0 Å². The first kappa shape index (κ1) is 18.2. The Morgan fingerprint density at radius 1 is 0.500 bits per heavy atom. The van der Waals surface area contributed by atoms with E-state index in [4.69, 9.17) is 0 Å². The Morgan fingerprint density at radius 2 is 0.714 bits per heavy atom. The van der Waals surface area contributed by atoms with E-state index in [1.165, 1.54) is 57.1 Å². The number of rotatable bonds is 2. The molecule has 6 amide bonds. The molecule has 5 rings (SSSR count). The molecule has 5 fully saturated rings. The average Bonchev–Trinajstić information content (AvgIpc) is 3.05. The van der Waals surface area contributed by atoms with Crippen molar-refractivity contribution in [1.29, 1.82) is 0 Å². The zero-order valence-corrected chi connectivity index (χ0v) is 15.8. The smallest absolute Gasteiger partial charge is 0.222 e. The Kier molecular flexibility index (Phi) is 3.68. The van der Waals surface area contributed by atoms with Crippen LogP contribution < -0.4 is 0 Å². The van der Waals surface area contributed by atoms with E-state index in [-0.39, 0.29) is 0 Å². The van der Waals surface area contributed by atoms with E-state index < -0.39 is 60.6 Å². The highest BCUT2D eigenvalue weighted by Crippen LogP contribution is 2.50. The minimum absolute atomic E-state index is 0.445. The molecule has 0 saturated carbocycles. The molecule has 0 radical (unpaired) electrons. The summed E-state index contributed by atoms with van der Waals surface area (Å²) in [6, 6.07) is 0. The summed E-state index contributed by atoms with van der Waals surface area (Å²) in [5, 5.41) is 0. The second-order valence-electron chi connectivity index (χ2n) is 7.29. The van der Waals surface area contributed by atoms with Crippen LogP contribution in [0.3, 0.4) is 0 Å². The van der Waals surface area contributed by atoms with E-state index in [1.807, 2.05) is 0 Å². The molecule has 4 atom stereocenters. The van der Waals surface area contributed by atoms with Gasteiger partial charge in [0.25, 0.3) is 0 Å². The maximum absolute atomic E-state index is 12.6. The van der Waals surface area contributed by atoms with E-state index in [0.717, 1.165) is 0 Å². The number of carbonyl (C=O) groups excluding carboxylic acids is 6. The van der Waals surface area contributed by atoms with Gasteiger partial charge in [-0.05, 0) is 0 Å². The van der Waals surface area contributed by atoms with Crippen molar-refractivity contribution in [3.63, 3.8) is 0 Å². The summed E-state index contributed by atoms with van der Waals surface area (Å²) in [6.45, 7) is 5.12. The number of nitrogens with zero attached hydrogens (tertiary/aromatic N) is 6. The van der Waals surface area contributed by atoms with Gasteiger partial charge in [-0.25, -0.2) is 0 Å². The Balaban J connectivity index is 2.08. The van der Waals surface area contributed by atoms with Gasteiger partial charge in [0.15, 0.2) is 12.3 Å². The van der Waals surface area contributed by atoms with Crippen LogP contribution in [0.4, 0.5) is 0 Å². The predicted octanol–water partition coefficient (Wildman–Crippen LogP) is -2.69. The van der Waals surface area contributed by atoms with Crippen LogP contribution >= 0.6 is 0 Å². The molecular weight excluding hydrogens is 372 g/mol. The summed E-state index contributed by atoms with van der Waals surface area (Å²) in [4.78, 5) is 82.1. The highest BCUT2D eigenvalue weighted by Gasteiger charge is 2.74. The normalized spacial score (nSPS) is 34.9. The minimum atomic E-state index is -1.01. The molecule has 0 aromatic rings. The first-order chi connectivity index (χ1) is 13.2.